The van der Waals surface area contributed by atoms with Gasteiger partial charge < -0.3 is 29.9 Å². The van der Waals surface area contributed by atoms with E-state index in [-0.39, 0.29) is 42.1 Å². The second kappa shape index (κ2) is 16.2. The molecule has 3 fully saturated rings. The second-order valence-electron chi connectivity index (χ2n) is 8.22. The third kappa shape index (κ3) is 9.02. The summed E-state index contributed by atoms with van der Waals surface area (Å²) in [6, 6.07) is 0. The smallest absolute Gasteiger partial charge is 0.870 e. The van der Waals surface area contributed by atoms with Gasteiger partial charge in [0.05, 0.1) is 30.1 Å². The number of ether oxygens (including phenoxy) is 2. The van der Waals surface area contributed by atoms with Gasteiger partial charge in [-0.05, 0) is 12.8 Å². The van der Waals surface area contributed by atoms with Gasteiger partial charge in [0, 0.05) is 64.2 Å². The molecular formula is C25H29LiN6O6. The van der Waals surface area contributed by atoms with Crippen molar-refractivity contribution >= 4 is 23.8 Å². The van der Waals surface area contributed by atoms with Crippen molar-refractivity contribution in [2.24, 2.45) is 11.8 Å². The molecule has 12 nitrogen and oxygen atoms in total. The number of carboxylic acid groups (broad SMARTS) is 1. The minimum Gasteiger partial charge on any atom is -0.870 e. The number of carboxylic acids is 1. The molecule has 0 amide bonds. The van der Waals surface area contributed by atoms with Crippen molar-refractivity contribution in [1.29, 1.82) is 0 Å². The fraction of sp³-hybridized carbons (Fsp3) is 0.440. The number of aliphatic carboxylic acids is 1. The predicted octanol–water partition coefficient (Wildman–Crippen LogP) is -2.33. The zero-order valence-corrected chi connectivity index (χ0v) is 21.5. The van der Waals surface area contributed by atoms with Crippen LogP contribution in [0.5, 0.6) is 0 Å². The maximum atomic E-state index is 11.2. The molecule has 2 aromatic heterocycles. The SMILES string of the molecule is C#Cc1cnc(N2CC(C(=O)O)C2)nc1.C#Cc1cnc(N2CC(C(=O)OC)C2)nc1.C1CCOC1.[Li+].[OH-]. The number of hydrogen-bond acceptors (Lipinski definition) is 11. The Kier molecular flexibility index (Phi) is 13.8. The van der Waals surface area contributed by atoms with Gasteiger partial charge in [-0.1, -0.05) is 11.8 Å². The fourth-order valence-electron chi connectivity index (χ4n) is 3.38. The molecule has 0 spiro atoms. The Bertz CT molecular complexity index is 1100. The molecule has 38 heavy (non-hydrogen) atoms. The number of carbonyl (C=O) groups excluding carboxylic acids is 1. The van der Waals surface area contributed by atoms with E-state index >= 15 is 0 Å². The monoisotopic (exact) mass is 516 g/mol. The Morgan fingerprint density at radius 1 is 0.895 bits per heavy atom. The van der Waals surface area contributed by atoms with Crippen LogP contribution in [0.2, 0.25) is 0 Å². The maximum absolute atomic E-state index is 11.2. The molecule has 0 atom stereocenters. The minimum atomic E-state index is -0.772. The molecule has 3 aliphatic rings. The molecule has 3 saturated heterocycles. The summed E-state index contributed by atoms with van der Waals surface area (Å²) >= 11 is 0. The molecule has 0 aromatic carbocycles. The van der Waals surface area contributed by atoms with Crippen LogP contribution in [-0.4, -0.2) is 89.0 Å². The van der Waals surface area contributed by atoms with E-state index in [1.807, 2.05) is 4.90 Å². The first-order chi connectivity index (χ1) is 17.4. The molecule has 13 heteroatoms. The fourth-order valence-corrected chi connectivity index (χ4v) is 3.38. The van der Waals surface area contributed by atoms with E-state index in [0.29, 0.717) is 49.2 Å². The Labute approximate surface area is 233 Å². The molecule has 0 saturated carbocycles. The molecule has 3 aliphatic heterocycles. The van der Waals surface area contributed by atoms with E-state index in [4.69, 9.17) is 22.7 Å². The summed E-state index contributed by atoms with van der Waals surface area (Å²) in [7, 11) is 1.39. The van der Waals surface area contributed by atoms with Crippen molar-refractivity contribution in [3.05, 3.63) is 35.9 Å². The van der Waals surface area contributed by atoms with Crippen LogP contribution in [0.1, 0.15) is 24.0 Å². The van der Waals surface area contributed by atoms with Crippen LogP contribution in [0.4, 0.5) is 11.9 Å². The first-order valence-electron chi connectivity index (χ1n) is 11.4. The van der Waals surface area contributed by atoms with Crippen LogP contribution in [-0.2, 0) is 19.1 Å². The third-order valence-electron chi connectivity index (χ3n) is 5.65. The number of hydrogen-bond donors (Lipinski definition) is 1. The third-order valence-corrected chi connectivity index (χ3v) is 5.65. The Morgan fingerprint density at radius 2 is 1.29 bits per heavy atom. The zero-order chi connectivity index (χ0) is 25.9. The number of anilines is 2. The van der Waals surface area contributed by atoms with E-state index in [1.54, 1.807) is 29.7 Å². The van der Waals surface area contributed by atoms with Crippen molar-refractivity contribution < 1.29 is 48.5 Å². The van der Waals surface area contributed by atoms with Gasteiger partial charge in [0.1, 0.15) is 0 Å². The zero-order valence-electron chi connectivity index (χ0n) is 21.5. The van der Waals surface area contributed by atoms with Gasteiger partial charge >= 0.3 is 30.8 Å². The number of terminal acetylenes is 2. The van der Waals surface area contributed by atoms with Crippen LogP contribution >= 0.6 is 0 Å². The molecule has 5 heterocycles. The molecule has 0 unspecified atom stereocenters. The molecule has 5 rings (SSSR count). The first-order valence-corrected chi connectivity index (χ1v) is 11.4. The Balaban J connectivity index is 0.000000308. The second-order valence-corrected chi connectivity index (χ2v) is 8.22. The molecule has 2 N–H and O–H groups in total. The van der Waals surface area contributed by atoms with Gasteiger partial charge in [-0.15, -0.1) is 12.8 Å². The van der Waals surface area contributed by atoms with Crippen LogP contribution < -0.4 is 28.7 Å². The van der Waals surface area contributed by atoms with Crippen LogP contribution in [0.3, 0.4) is 0 Å². The van der Waals surface area contributed by atoms with Gasteiger partial charge in [0.25, 0.3) is 0 Å². The van der Waals surface area contributed by atoms with E-state index in [1.165, 1.54) is 20.0 Å². The molecule has 0 aliphatic carbocycles. The van der Waals surface area contributed by atoms with E-state index in [2.05, 4.69) is 36.5 Å². The number of nitrogens with zero attached hydrogens (tertiary/aromatic N) is 6. The number of aromatic nitrogens is 4. The quantitative estimate of drug-likeness (QED) is 0.263. The van der Waals surface area contributed by atoms with Crippen molar-refractivity contribution in [3.63, 3.8) is 0 Å². The summed E-state index contributed by atoms with van der Waals surface area (Å²) in [5.41, 5.74) is 1.27. The van der Waals surface area contributed by atoms with Crippen LogP contribution in [0, 0.1) is 36.5 Å². The summed E-state index contributed by atoms with van der Waals surface area (Å²) in [5, 5.41) is 8.69. The van der Waals surface area contributed by atoms with Gasteiger partial charge in [0.15, 0.2) is 0 Å². The summed E-state index contributed by atoms with van der Waals surface area (Å²) in [4.78, 5) is 41.7. The largest absolute Gasteiger partial charge is 1.00 e. The number of methoxy groups -OCH3 is 1. The van der Waals surface area contributed by atoms with E-state index in [9.17, 15) is 9.59 Å². The first kappa shape index (κ1) is 32.4. The summed E-state index contributed by atoms with van der Waals surface area (Å²) in [6.07, 6.45) is 19.2. The average Bonchev–Trinajstić information content (AvgIpc) is 3.43. The minimum absolute atomic E-state index is 0. The molecule has 0 radical (unpaired) electrons. The number of rotatable bonds is 4. The van der Waals surface area contributed by atoms with Gasteiger partial charge in [0.2, 0.25) is 11.9 Å². The number of carbonyl (C=O) groups is 2. The maximum Gasteiger partial charge on any atom is 1.00 e. The average molecular weight is 516 g/mol. The van der Waals surface area contributed by atoms with Gasteiger partial charge in [-0.2, -0.15) is 0 Å². The molecule has 196 valence electrons. The standard InChI is InChI=1S/C11H11N3O2.C10H9N3O2.C4H8O.Li.H2O/c1-3-8-4-12-11(13-5-8)14-6-9(7-14)10(15)16-2;1-2-7-3-11-10(12-4-7)13-5-8(6-13)9(14)15;1-2-4-5-3-1;;/h1,4-5,9H,6-7H2,2H3;1,3-4,8H,5-6H2,(H,14,15);1-4H2;;1H2/q;;;+1;/p-1. The molecular weight excluding hydrogens is 487 g/mol. The Hall–Kier alpha value is -3.66. The van der Waals surface area contributed by atoms with Crippen LogP contribution in [0.15, 0.2) is 24.8 Å². The normalized spacial score (nSPS) is 15.7. The van der Waals surface area contributed by atoms with Crippen LogP contribution in [0.25, 0.3) is 0 Å². The van der Waals surface area contributed by atoms with Crippen molar-refractivity contribution in [2.45, 2.75) is 12.8 Å². The predicted molar refractivity (Wildman–Crippen MR) is 133 cm³/mol. The summed E-state index contributed by atoms with van der Waals surface area (Å²) in [5.74, 6) is 4.67. The van der Waals surface area contributed by atoms with Crippen molar-refractivity contribution in [3.8, 4) is 24.7 Å². The number of esters is 1. The topological polar surface area (TPSA) is 161 Å². The van der Waals surface area contributed by atoms with Crippen molar-refractivity contribution in [2.75, 3.05) is 56.3 Å². The van der Waals surface area contributed by atoms with E-state index in [0.717, 1.165) is 13.2 Å². The summed E-state index contributed by atoms with van der Waals surface area (Å²) in [6.45, 7) is 4.12. The van der Waals surface area contributed by atoms with Gasteiger partial charge in [-0.25, -0.2) is 19.9 Å². The van der Waals surface area contributed by atoms with E-state index < -0.39 is 5.97 Å². The summed E-state index contributed by atoms with van der Waals surface area (Å²) < 4.78 is 9.59. The molecule has 2 aromatic rings. The molecule has 0 bridgehead atoms. The Morgan fingerprint density at radius 3 is 1.58 bits per heavy atom. The van der Waals surface area contributed by atoms with Crippen molar-refractivity contribution in [1.82, 2.24) is 19.9 Å². The van der Waals surface area contributed by atoms with Gasteiger partial charge in [-0.3, -0.25) is 9.59 Å².